The Morgan fingerprint density at radius 2 is 1.58 bits per heavy atom. The van der Waals surface area contributed by atoms with E-state index >= 15 is 0 Å². The Kier molecular flexibility index (Phi) is 2.83. The third kappa shape index (κ3) is 2.24. The predicted molar refractivity (Wildman–Crippen MR) is 86.3 cm³/mol. The van der Waals surface area contributed by atoms with Crippen LogP contribution < -0.4 is 5.19 Å². The summed E-state index contributed by atoms with van der Waals surface area (Å²) in [7, 11) is -1.23. The van der Waals surface area contributed by atoms with Crippen LogP contribution in [0.4, 0.5) is 0 Å². The molecule has 0 aliphatic rings. The van der Waals surface area contributed by atoms with Crippen molar-refractivity contribution in [2.24, 2.45) is 0 Å². The summed E-state index contributed by atoms with van der Waals surface area (Å²) in [5.74, 6) is 0. The molecule has 0 fully saturated rings. The second-order valence-electron chi connectivity index (χ2n) is 6.04. The van der Waals surface area contributed by atoms with Crippen LogP contribution in [0.15, 0.2) is 60.8 Å². The number of hydrogen-bond acceptors (Lipinski definition) is 0. The molecule has 3 rings (SSSR count). The molecule has 0 aliphatic heterocycles. The van der Waals surface area contributed by atoms with E-state index in [4.69, 9.17) is 0 Å². The second kappa shape index (κ2) is 4.39. The highest BCUT2D eigenvalue weighted by Crippen LogP contribution is 2.20. The van der Waals surface area contributed by atoms with E-state index in [1.165, 1.54) is 21.8 Å². The highest BCUT2D eigenvalue weighted by Gasteiger charge is 2.16. The molecule has 0 spiro atoms. The molecule has 0 amide bonds. The van der Waals surface area contributed by atoms with Crippen LogP contribution in [-0.2, 0) is 0 Å². The molecule has 96 valence electrons. The Morgan fingerprint density at radius 1 is 0.842 bits per heavy atom. The van der Waals surface area contributed by atoms with Crippen molar-refractivity contribution >= 4 is 24.2 Å². The van der Waals surface area contributed by atoms with E-state index in [0.29, 0.717) is 0 Å². The smallest absolute Gasteiger partial charge is 0.0776 e. The molecule has 0 unspecified atom stereocenters. The van der Waals surface area contributed by atoms with Crippen molar-refractivity contribution in [2.45, 2.75) is 19.6 Å². The number of fused-ring (bicyclic) bond motifs is 1. The van der Waals surface area contributed by atoms with Crippen molar-refractivity contribution in [3.8, 4) is 5.69 Å². The van der Waals surface area contributed by atoms with Gasteiger partial charge < -0.3 is 4.57 Å². The van der Waals surface area contributed by atoms with E-state index in [1.807, 2.05) is 0 Å². The number of para-hydroxylation sites is 1. The van der Waals surface area contributed by atoms with Gasteiger partial charge in [0.1, 0.15) is 0 Å². The van der Waals surface area contributed by atoms with Crippen LogP contribution in [0.3, 0.4) is 0 Å². The van der Waals surface area contributed by atoms with Crippen molar-refractivity contribution in [1.29, 1.82) is 0 Å². The Labute approximate surface area is 115 Å². The summed E-state index contributed by atoms with van der Waals surface area (Å²) in [4.78, 5) is 0. The first kappa shape index (κ1) is 12.2. The molecule has 0 N–H and O–H groups in total. The zero-order chi connectivity index (χ0) is 13.5. The van der Waals surface area contributed by atoms with Crippen molar-refractivity contribution in [3.05, 3.63) is 60.8 Å². The summed E-state index contributed by atoms with van der Waals surface area (Å²) >= 11 is 0. The lowest BCUT2D eigenvalue weighted by atomic mass is 10.2. The van der Waals surface area contributed by atoms with E-state index in [0.717, 1.165) is 0 Å². The first-order valence-electron chi connectivity index (χ1n) is 6.73. The van der Waals surface area contributed by atoms with E-state index in [9.17, 15) is 0 Å². The third-order valence-corrected chi connectivity index (χ3v) is 5.63. The standard InChI is InChI=1S/C17H19NSi/c1-19(2,3)16-9-10-17-14(13-16)11-12-18(17)15-7-5-4-6-8-15/h4-13H,1-3H3. The average molecular weight is 265 g/mol. The highest BCUT2D eigenvalue weighted by atomic mass is 28.3. The van der Waals surface area contributed by atoms with E-state index in [2.05, 4.69) is 85.0 Å². The van der Waals surface area contributed by atoms with Gasteiger partial charge in [-0.1, -0.05) is 55.2 Å². The molecule has 0 saturated carbocycles. The summed E-state index contributed by atoms with van der Waals surface area (Å²) in [5, 5.41) is 2.86. The minimum absolute atomic E-state index is 1.22. The maximum atomic E-state index is 2.39. The molecule has 0 atom stereocenters. The lowest BCUT2D eigenvalue weighted by Gasteiger charge is -2.16. The maximum Gasteiger partial charge on any atom is 0.0776 e. The third-order valence-electron chi connectivity index (χ3n) is 3.59. The first-order valence-corrected chi connectivity index (χ1v) is 10.2. The minimum atomic E-state index is -1.23. The Hall–Kier alpha value is -1.80. The largest absolute Gasteiger partial charge is 0.317 e. The van der Waals surface area contributed by atoms with Crippen molar-refractivity contribution in [2.75, 3.05) is 0 Å². The molecule has 0 aliphatic carbocycles. The molecule has 0 saturated heterocycles. The van der Waals surface area contributed by atoms with Gasteiger partial charge in [0, 0.05) is 11.9 Å². The van der Waals surface area contributed by atoms with Gasteiger partial charge in [0.2, 0.25) is 0 Å². The average Bonchev–Trinajstić information content (AvgIpc) is 2.81. The summed E-state index contributed by atoms with van der Waals surface area (Å²) in [6.07, 6.45) is 2.16. The Balaban J connectivity index is 2.16. The Bertz CT molecular complexity index is 705. The lowest BCUT2D eigenvalue weighted by Crippen LogP contribution is -2.37. The van der Waals surface area contributed by atoms with Gasteiger partial charge >= 0.3 is 0 Å². The first-order chi connectivity index (χ1) is 9.05. The van der Waals surface area contributed by atoms with Crippen LogP contribution in [0.2, 0.25) is 19.6 Å². The molecule has 1 aromatic heterocycles. The van der Waals surface area contributed by atoms with Gasteiger partial charge in [-0.05, 0) is 29.7 Å². The SMILES string of the molecule is C[Si](C)(C)c1ccc2c(ccn2-c2ccccc2)c1. The predicted octanol–water partition coefficient (Wildman–Crippen LogP) is 4.18. The number of rotatable bonds is 2. The molecule has 0 radical (unpaired) electrons. The summed E-state index contributed by atoms with van der Waals surface area (Å²) in [6, 6.07) is 19.6. The molecule has 19 heavy (non-hydrogen) atoms. The quantitative estimate of drug-likeness (QED) is 0.613. The van der Waals surface area contributed by atoms with Crippen molar-refractivity contribution in [3.63, 3.8) is 0 Å². The molecule has 1 heterocycles. The van der Waals surface area contributed by atoms with Gasteiger partial charge in [0.15, 0.2) is 0 Å². The topological polar surface area (TPSA) is 4.93 Å². The van der Waals surface area contributed by atoms with Crippen LogP contribution in [0.25, 0.3) is 16.6 Å². The summed E-state index contributed by atoms with van der Waals surface area (Å²) in [5.41, 5.74) is 2.51. The van der Waals surface area contributed by atoms with Gasteiger partial charge in [-0.25, -0.2) is 0 Å². The number of hydrogen-bond donors (Lipinski definition) is 0. The monoisotopic (exact) mass is 265 g/mol. The normalized spacial score (nSPS) is 11.9. The van der Waals surface area contributed by atoms with Crippen LogP contribution in [0, 0.1) is 0 Å². The summed E-state index contributed by atoms with van der Waals surface area (Å²) < 4.78 is 2.25. The second-order valence-corrected chi connectivity index (χ2v) is 11.1. The fourth-order valence-electron chi connectivity index (χ4n) is 2.42. The van der Waals surface area contributed by atoms with Crippen molar-refractivity contribution in [1.82, 2.24) is 4.57 Å². The number of aromatic nitrogens is 1. The maximum absolute atomic E-state index is 2.39. The fourth-order valence-corrected chi connectivity index (χ4v) is 3.59. The molecule has 3 aromatic rings. The zero-order valence-electron chi connectivity index (χ0n) is 11.7. The van der Waals surface area contributed by atoms with Crippen LogP contribution >= 0.6 is 0 Å². The molecule has 0 bridgehead atoms. The summed E-state index contributed by atoms with van der Waals surface area (Å²) in [6.45, 7) is 7.17. The van der Waals surface area contributed by atoms with Crippen molar-refractivity contribution < 1.29 is 0 Å². The molecular formula is C17H19NSi. The number of nitrogens with zero attached hydrogens (tertiary/aromatic N) is 1. The molecule has 2 heteroatoms. The van der Waals surface area contributed by atoms with E-state index in [-0.39, 0.29) is 0 Å². The highest BCUT2D eigenvalue weighted by molar-refractivity contribution is 6.88. The van der Waals surface area contributed by atoms with Crippen LogP contribution in [0.1, 0.15) is 0 Å². The Morgan fingerprint density at radius 3 is 2.26 bits per heavy atom. The van der Waals surface area contributed by atoms with E-state index in [1.54, 1.807) is 0 Å². The van der Waals surface area contributed by atoms with E-state index < -0.39 is 8.07 Å². The van der Waals surface area contributed by atoms with Gasteiger partial charge in [0.25, 0.3) is 0 Å². The van der Waals surface area contributed by atoms with Gasteiger partial charge in [-0.2, -0.15) is 0 Å². The zero-order valence-corrected chi connectivity index (χ0v) is 12.7. The molecule has 1 nitrogen and oxygen atoms in total. The van der Waals surface area contributed by atoms with Gasteiger partial charge in [-0.15, -0.1) is 0 Å². The molecular weight excluding hydrogens is 246 g/mol. The number of benzene rings is 2. The minimum Gasteiger partial charge on any atom is -0.317 e. The van der Waals surface area contributed by atoms with Gasteiger partial charge in [0.05, 0.1) is 13.6 Å². The van der Waals surface area contributed by atoms with Gasteiger partial charge in [-0.3, -0.25) is 0 Å². The lowest BCUT2D eigenvalue weighted by molar-refractivity contribution is 1.13. The molecule has 2 aromatic carbocycles. The van der Waals surface area contributed by atoms with Crippen LogP contribution in [-0.4, -0.2) is 12.6 Å². The van der Waals surface area contributed by atoms with Crippen LogP contribution in [0.5, 0.6) is 0 Å². The fraction of sp³-hybridized carbons (Fsp3) is 0.176.